The van der Waals surface area contributed by atoms with E-state index in [1.807, 2.05) is 0 Å². The fourth-order valence-electron chi connectivity index (χ4n) is 2.06. The number of hydrogen-bond acceptors (Lipinski definition) is 3. The molecule has 0 fully saturated rings. The van der Waals surface area contributed by atoms with Crippen molar-refractivity contribution < 1.29 is 27.2 Å². The fraction of sp³-hybridized carbons (Fsp3) is 0.167. The van der Waals surface area contributed by atoms with E-state index in [0.717, 1.165) is 24.3 Å². The number of rotatable bonds is 5. The van der Waals surface area contributed by atoms with Crippen molar-refractivity contribution >= 4 is 23.2 Å². The van der Waals surface area contributed by atoms with Gasteiger partial charge in [0.05, 0.1) is 12.0 Å². The molecule has 0 aliphatic heterocycles. The molecule has 0 aliphatic rings. The molecule has 0 bridgehead atoms. The van der Waals surface area contributed by atoms with Crippen molar-refractivity contribution in [1.82, 2.24) is 5.43 Å². The van der Waals surface area contributed by atoms with Gasteiger partial charge in [-0.15, -0.1) is 0 Å². The van der Waals surface area contributed by atoms with Gasteiger partial charge in [-0.1, -0.05) is 6.07 Å². The van der Waals surface area contributed by atoms with Crippen LogP contribution < -0.4 is 10.7 Å². The molecular weight excluding hydrogens is 366 g/mol. The van der Waals surface area contributed by atoms with Crippen LogP contribution in [-0.4, -0.2) is 17.5 Å². The lowest BCUT2D eigenvalue weighted by atomic mass is 10.2. The first-order valence-electron chi connectivity index (χ1n) is 7.71. The van der Waals surface area contributed by atoms with Gasteiger partial charge in [0.25, 0.3) is 5.91 Å². The monoisotopic (exact) mass is 381 g/mol. The Morgan fingerprint density at radius 2 is 1.74 bits per heavy atom. The first-order chi connectivity index (χ1) is 12.6. The van der Waals surface area contributed by atoms with Crippen LogP contribution in [0.3, 0.4) is 0 Å². The lowest BCUT2D eigenvalue weighted by molar-refractivity contribution is -0.137. The highest BCUT2D eigenvalue weighted by Gasteiger charge is 2.30. The van der Waals surface area contributed by atoms with E-state index < -0.39 is 29.4 Å². The molecule has 0 heterocycles. The molecule has 0 atom stereocenters. The second-order valence-corrected chi connectivity index (χ2v) is 5.60. The van der Waals surface area contributed by atoms with E-state index in [9.17, 15) is 27.2 Å². The Morgan fingerprint density at radius 3 is 2.37 bits per heavy atom. The number of nitrogens with zero attached hydrogens (tertiary/aromatic N) is 1. The van der Waals surface area contributed by atoms with Crippen LogP contribution in [0.15, 0.2) is 53.6 Å². The molecule has 0 radical (unpaired) electrons. The zero-order valence-electron chi connectivity index (χ0n) is 14.1. The second-order valence-electron chi connectivity index (χ2n) is 5.60. The summed E-state index contributed by atoms with van der Waals surface area (Å²) in [5.41, 5.74) is 1.75. The minimum atomic E-state index is -4.51. The number of carbonyl (C=O) groups is 2. The third-order valence-electron chi connectivity index (χ3n) is 3.34. The Morgan fingerprint density at radius 1 is 1.07 bits per heavy atom. The van der Waals surface area contributed by atoms with Gasteiger partial charge in [-0.2, -0.15) is 18.3 Å². The van der Waals surface area contributed by atoms with Crippen LogP contribution in [0.25, 0.3) is 0 Å². The summed E-state index contributed by atoms with van der Waals surface area (Å²) >= 11 is 0. The van der Waals surface area contributed by atoms with Gasteiger partial charge in [-0.05, 0) is 49.4 Å². The first-order valence-corrected chi connectivity index (χ1v) is 7.71. The Balaban J connectivity index is 1.92. The molecule has 5 nitrogen and oxygen atoms in total. The van der Waals surface area contributed by atoms with E-state index in [4.69, 9.17) is 0 Å². The molecule has 142 valence electrons. The molecular formula is C18H15F4N3O2. The Bertz CT molecular complexity index is 862. The van der Waals surface area contributed by atoms with Gasteiger partial charge in [-0.25, -0.2) is 9.82 Å². The zero-order chi connectivity index (χ0) is 20.0. The lowest BCUT2D eigenvalue weighted by Crippen LogP contribution is -2.21. The van der Waals surface area contributed by atoms with Crippen molar-refractivity contribution in [3.63, 3.8) is 0 Å². The number of amides is 2. The lowest BCUT2D eigenvalue weighted by Gasteiger charge is -2.10. The summed E-state index contributed by atoms with van der Waals surface area (Å²) in [6.45, 7) is 1.47. The fourth-order valence-corrected chi connectivity index (χ4v) is 2.06. The van der Waals surface area contributed by atoms with E-state index in [1.54, 1.807) is 0 Å². The van der Waals surface area contributed by atoms with Gasteiger partial charge in [0.15, 0.2) is 0 Å². The molecule has 9 heteroatoms. The summed E-state index contributed by atoms with van der Waals surface area (Å²) in [5.74, 6) is -1.67. The van der Waals surface area contributed by atoms with Crippen molar-refractivity contribution in [1.29, 1.82) is 0 Å². The van der Waals surface area contributed by atoms with Crippen LogP contribution in [0.2, 0.25) is 0 Å². The number of alkyl halides is 3. The summed E-state index contributed by atoms with van der Waals surface area (Å²) < 4.78 is 50.8. The van der Waals surface area contributed by atoms with Crippen molar-refractivity contribution in [2.24, 2.45) is 5.10 Å². The quantitative estimate of drug-likeness (QED) is 0.467. The summed E-state index contributed by atoms with van der Waals surface area (Å²) in [4.78, 5) is 23.7. The molecule has 2 rings (SSSR count). The molecule has 2 N–H and O–H groups in total. The molecule has 0 aliphatic carbocycles. The number of nitrogens with one attached hydrogen (secondary N) is 2. The number of anilines is 1. The highest BCUT2D eigenvalue weighted by Crippen LogP contribution is 2.30. The van der Waals surface area contributed by atoms with E-state index in [0.29, 0.717) is 0 Å². The van der Waals surface area contributed by atoms with Crippen LogP contribution in [0.5, 0.6) is 0 Å². The van der Waals surface area contributed by atoms with E-state index >= 15 is 0 Å². The maximum absolute atomic E-state index is 12.8. The van der Waals surface area contributed by atoms with Gasteiger partial charge in [-0.3, -0.25) is 9.59 Å². The molecule has 2 amide bonds. The maximum atomic E-state index is 12.8. The molecule has 0 aromatic heterocycles. The maximum Gasteiger partial charge on any atom is 0.416 e. The van der Waals surface area contributed by atoms with Gasteiger partial charge < -0.3 is 5.32 Å². The third-order valence-corrected chi connectivity index (χ3v) is 3.34. The zero-order valence-corrected chi connectivity index (χ0v) is 14.1. The van der Waals surface area contributed by atoms with Crippen LogP contribution in [-0.2, 0) is 11.0 Å². The van der Waals surface area contributed by atoms with Crippen LogP contribution in [0, 0.1) is 5.82 Å². The Labute approximate surface area is 152 Å². The largest absolute Gasteiger partial charge is 0.416 e. The number of carbonyl (C=O) groups excluding carboxylic acids is 2. The standard InChI is InChI=1S/C18H15F4N3O2/c1-11(24-25-17(27)12-5-7-14(19)8-6-12)9-16(26)23-15-4-2-3-13(10-15)18(20,21)22/h2-8,10H,9H2,1H3,(H,23,26)(H,25,27)/b24-11-. The van der Waals surface area contributed by atoms with E-state index in [-0.39, 0.29) is 23.4 Å². The van der Waals surface area contributed by atoms with Crippen LogP contribution in [0.4, 0.5) is 23.2 Å². The number of hydrazone groups is 1. The molecule has 27 heavy (non-hydrogen) atoms. The van der Waals surface area contributed by atoms with Crippen molar-refractivity contribution in [3.8, 4) is 0 Å². The van der Waals surface area contributed by atoms with Crippen molar-refractivity contribution in [3.05, 3.63) is 65.5 Å². The summed E-state index contributed by atoms with van der Waals surface area (Å²) in [5, 5.41) is 6.08. The highest BCUT2D eigenvalue weighted by atomic mass is 19.4. The molecule has 0 saturated heterocycles. The second kappa shape index (κ2) is 8.43. The van der Waals surface area contributed by atoms with Crippen molar-refractivity contribution in [2.45, 2.75) is 19.5 Å². The number of benzene rings is 2. The molecule has 2 aromatic rings. The summed E-state index contributed by atoms with van der Waals surface area (Å²) in [6.07, 6.45) is -4.75. The number of halogens is 4. The first kappa shape index (κ1) is 20.1. The molecule has 2 aromatic carbocycles. The van der Waals surface area contributed by atoms with E-state index in [1.165, 1.54) is 31.2 Å². The predicted molar refractivity (Wildman–Crippen MR) is 91.7 cm³/mol. The average molecular weight is 381 g/mol. The SMILES string of the molecule is C/C(CC(=O)Nc1cccc(C(F)(F)F)c1)=N/NC(=O)c1ccc(F)cc1. The number of hydrogen-bond donors (Lipinski definition) is 2. The van der Waals surface area contributed by atoms with Gasteiger partial charge >= 0.3 is 6.18 Å². The highest BCUT2D eigenvalue weighted by molar-refractivity contribution is 6.06. The smallest absolute Gasteiger partial charge is 0.326 e. The molecule has 0 spiro atoms. The van der Waals surface area contributed by atoms with Crippen LogP contribution >= 0.6 is 0 Å². The van der Waals surface area contributed by atoms with E-state index in [2.05, 4.69) is 15.8 Å². The third kappa shape index (κ3) is 6.21. The summed E-state index contributed by atoms with van der Waals surface area (Å²) in [7, 11) is 0. The van der Waals surface area contributed by atoms with Crippen LogP contribution in [0.1, 0.15) is 29.3 Å². The van der Waals surface area contributed by atoms with Gasteiger partial charge in [0.1, 0.15) is 5.82 Å². The Hall–Kier alpha value is -3.23. The average Bonchev–Trinajstić information content (AvgIpc) is 2.59. The van der Waals surface area contributed by atoms with Gasteiger partial charge in [0, 0.05) is 17.0 Å². The van der Waals surface area contributed by atoms with Crippen molar-refractivity contribution in [2.75, 3.05) is 5.32 Å². The summed E-state index contributed by atoms with van der Waals surface area (Å²) in [6, 6.07) is 9.01. The molecule has 0 unspecified atom stereocenters. The minimum Gasteiger partial charge on any atom is -0.326 e. The topological polar surface area (TPSA) is 70.6 Å². The Kier molecular flexibility index (Phi) is 6.27. The normalized spacial score (nSPS) is 11.8. The van der Waals surface area contributed by atoms with Gasteiger partial charge in [0.2, 0.25) is 5.91 Å². The predicted octanol–water partition coefficient (Wildman–Crippen LogP) is 3.98. The molecule has 0 saturated carbocycles. The minimum absolute atomic E-state index is 0.00188.